The van der Waals surface area contributed by atoms with E-state index >= 15 is 0 Å². The van der Waals surface area contributed by atoms with Gasteiger partial charge in [0.15, 0.2) is 0 Å². The molecule has 2 nitrogen and oxygen atoms in total. The van der Waals surface area contributed by atoms with E-state index in [4.69, 9.17) is 4.98 Å². The summed E-state index contributed by atoms with van der Waals surface area (Å²) in [5.74, 6) is 2.12. The van der Waals surface area contributed by atoms with Gasteiger partial charge in [0.1, 0.15) is 5.82 Å². The molecule has 0 aromatic carbocycles. The lowest BCUT2D eigenvalue weighted by Crippen LogP contribution is -2.34. The molecule has 0 saturated heterocycles. The zero-order chi connectivity index (χ0) is 12.5. The molecule has 3 rings (SSSR count). The van der Waals surface area contributed by atoms with Crippen LogP contribution in [0.4, 0.5) is 0 Å². The molecule has 1 heterocycles. The Morgan fingerprint density at radius 2 is 1.94 bits per heavy atom. The summed E-state index contributed by atoms with van der Waals surface area (Å²) < 4.78 is 2.53. The third kappa shape index (κ3) is 2.13. The number of aromatic nitrogens is 2. The van der Waals surface area contributed by atoms with Gasteiger partial charge < -0.3 is 4.57 Å². The Hall–Kier alpha value is -1.05. The highest BCUT2D eigenvalue weighted by Crippen LogP contribution is 2.29. The molecule has 2 aliphatic rings. The van der Waals surface area contributed by atoms with Gasteiger partial charge in [0.05, 0.1) is 10.7 Å². The number of rotatable bonds is 1. The summed E-state index contributed by atoms with van der Waals surface area (Å²) in [6.07, 6.45) is 13.9. The first-order valence-electron chi connectivity index (χ1n) is 7.51. The third-order valence-electron chi connectivity index (χ3n) is 4.59. The fourth-order valence-electron chi connectivity index (χ4n) is 3.56. The summed E-state index contributed by atoms with van der Waals surface area (Å²) in [5, 5.41) is 2.63. The Bertz CT molecular complexity index is 538. The third-order valence-corrected chi connectivity index (χ3v) is 4.59. The summed E-state index contributed by atoms with van der Waals surface area (Å²) in [6.45, 7) is 4.58. The number of hydrogen-bond donors (Lipinski definition) is 0. The lowest BCUT2D eigenvalue weighted by molar-refractivity contribution is 0.418. The SMILES string of the molecule is Cc1nc2c(n1C1CCCC(C)CC1)=CCCC=2. The van der Waals surface area contributed by atoms with Crippen LogP contribution >= 0.6 is 0 Å². The molecule has 1 fully saturated rings. The molecule has 2 unspecified atom stereocenters. The second-order valence-corrected chi connectivity index (χ2v) is 6.05. The van der Waals surface area contributed by atoms with Crippen LogP contribution in [-0.2, 0) is 0 Å². The highest BCUT2D eigenvalue weighted by Gasteiger charge is 2.20. The van der Waals surface area contributed by atoms with E-state index < -0.39 is 0 Å². The molecule has 2 heteroatoms. The van der Waals surface area contributed by atoms with Crippen molar-refractivity contribution in [2.24, 2.45) is 5.92 Å². The van der Waals surface area contributed by atoms with E-state index in [2.05, 4.69) is 30.6 Å². The Labute approximate surface area is 109 Å². The Balaban J connectivity index is 1.99. The largest absolute Gasteiger partial charge is 0.325 e. The summed E-state index contributed by atoms with van der Waals surface area (Å²) in [4.78, 5) is 4.75. The van der Waals surface area contributed by atoms with Crippen molar-refractivity contribution in [1.29, 1.82) is 0 Å². The second-order valence-electron chi connectivity index (χ2n) is 6.05. The van der Waals surface area contributed by atoms with E-state index in [1.165, 1.54) is 55.0 Å². The van der Waals surface area contributed by atoms with Crippen LogP contribution in [0.1, 0.15) is 63.7 Å². The molecule has 2 aliphatic carbocycles. The van der Waals surface area contributed by atoms with E-state index in [-0.39, 0.29) is 0 Å². The predicted molar refractivity (Wildman–Crippen MR) is 75.7 cm³/mol. The first-order valence-corrected chi connectivity index (χ1v) is 7.51. The molecule has 0 amide bonds. The van der Waals surface area contributed by atoms with Crippen molar-refractivity contribution in [2.75, 3.05) is 0 Å². The molecule has 18 heavy (non-hydrogen) atoms. The van der Waals surface area contributed by atoms with Gasteiger partial charge >= 0.3 is 0 Å². The Morgan fingerprint density at radius 1 is 1.11 bits per heavy atom. The van der Waals surface area contributed by atoms with E-state index in [1.54, 1.807) is 0 Å². The highest BCUT2D eigenvalue weighted by atomic mass is 15.1. The maximum atomic E-state index is 4.75. The molecule has 1 aromatic rings. The van der Waals surface area contributed by atoms with Crippen LogP contribution in [-0.4, -0.2) is 9.55 Å². The van der Waals surface area contributed by atoms with Gasteiger partial charge in [-0.15, -0.1) is 0 Å². The lowest BCUT2D eigenvalue weighted by atomic mass is 10.0. The fraction of sp³-hybridized carbons (Fsp3) is 0.688. The first-order chi connectivity index (χ1) is 8.75. The molecule has 1 aromatic heterocycles. The van der Waals surface area contributed by atoms with Gasteiger partial charge in [0.25, 0.3) is 0 Å². The van der Waals surface area contributed by atoms with Crippen LogP contribution in [0.5, 0.6) is 0 Å². The van der Waals surface area contributed by atoms with Crippen molar-refractivity contribution in [2.45, 2.75) is 64.8 Å². The standard InChI is InChI=1S/C16H24N2/c1-12-6-5-7-14(11-10-12)18-13(2)17-15-8-3-4-9-16(15)18/h8-9,12,14H,3-7,10-11H2,1-2H3. The summed E-state index contributed by atoms with van der Waals surface area (Å²) >= 11 is 0. The van der Waals surface area contributed by atoms with Gasteiger partial charge in [-0.1, -0.05) is 31.9 Å². The molecule has 0 N–H and O–H groups in total. The predicted octanol–water partition coefficient (Wildman–Crippen LogP) is 2.69. The van der Waals surface area contributed by atoms with Gasteiger partial charge in [-0.25, -0.2) is 4.98 Å². The average molecular weight is 244 g/mol. The molecular formula is C16H24N2. The number of aryl methyl sites for hydroxylation is 1. The van der Waals surface area contributed by atoms with Crippen LogP contribution in [0, 0.1) is 12.8 Å². The minimum absolute atomic E-state index is 0.689. The summed E-state index contributed by atoms with van der Waals surface area (Å²) in [6, 6.07) is 0.689. The topological polar surface area (TPSA) is 17.8 Å². The second kappa shape index (κ2) is 4.91. The molecule has 98 valence electrons. The van der Waals surface area contributed by atoms with Crippen LogP contribution in [0.15, 0.2) is 0 Å². The van der Waals surface area contributed by atoms with Crippen LogP contribution in [0.3, 0.4) is 0 Å². The minimum atomic E-state index is 0.689. The highest BCUT2D eigenvalue weighted by molar-refractivity contribution is 5.34. The normalized spacial score (nSPS) is 27.9. The van der Waals surface area contributed by atoms with Gasteiger partial charge in [0, 0.05) is 6.04 Å². The first kappa shape index (κ1) is 12.0. The van der Waals surface area contributed by atoms with Gasteiger partial charge in [-0.2, -0.15) is 0 Å². The monoisotopic (exact) mass is 244 g/mol. The van der Waals surface area contributed by atoms with Crippen molar-refractivity contribution in [1.82, 2.24) is 9.55 Å². The average Bonchev–Trinajstić information content (AvgIpc) is 2.54. The van der Waals surface area contributed by atoms with Crippen molar-refractivity contribution < 1.29 is 0 Å². The zero-order valence-electron chi connectivity index (χ0n) is 11.7. The van der Waals surface area contributed by atoms with Crippen LogP contribution < -0.4 is 10.7 Å². The van der Waals surface area contributed by atoms with Gasteiger partial charge in [-0.3, -0.25) is 0 Å². The molecule has 0 spiro atoms. The maximum absolute atomic E-state index is 4.75. The molecule has 0 bridgehead atoms. The molecule has 0 radical (unpaired) electrons. The van der Waals surface area contributed by atoms with E-state index in [1.807, 2.05) is 0 Å². The van der Waals surface area contributed by atoms with E-state index in [0.29, 0.717) is 6.04 Å². The van der Waals surface area contributed by atoms with E-state index in [0.717, 1.165) is 12.3 Å². The van der Waals surface area contributed by atoms with Crippen molar-refractivity contribution in [3.63, 3.8) is 0 Å². The lowest BCUT2D eigenvalue weighted by Gasteiger charge is -2.19. The van der Waals surface area contributed by atoms with Gasteiger partial charge in [-0.05, 0) is 44.9 Å². The van der Waals surface area contributed by atoms with Crippen LogP contribution in [0.25, 0.3) is 12.2 Å². The van der Waals surface area contributed by atoms with Crippen molar-refractivity contribution in [3.05, 3.63) is 16.5 Å². The molecule has 1 saturated carbocycles. The number of hydrogen-bond acceptors (Lipinski definition) is 1. The van der Waals surface area contributed by atoms with Crippen molar-refractivity contribution in [3.8, 4) is 0 Å². The van der Waals surface area contributed by atoms with E-state index in [9.17, 15) is 0 Å². The number of nitrogens with zero attached hydrogens (tertiary/aromatic N) is 2. The minimum Gasteiger partial charge on any atom is -0.325 e. The molecule has 2 atom stereocenters. The van der Waals surface area contributed by atoms with Crippen LogP contribution in [0.2, 0.25) is 0 Å². The Kier molecular flexibility index (Phi) is 3.27. The summed E-state index contributed by atoms with van der Waals surface area (Å²) in [7, 11) is 0. The smallest absolute Gasteiger partial charge is 0.106 e. The quantitative estimate of drug-likeness (QED) is 0.695. The summed E-state index contributed by atoms with van der Waals surface area (Å²) in [5.41, 5.74) is 0. The number of imidazole rings is 1. The fourth-order valence-corrected chi connectivity index (χ4v) is 3.56. The van der Waals surface area contributed by atoms with Crippen molar-refractivity contribution >= 4 is 12.2 Å². The maximum Gasteiger partial charge on any atom is 0.106 e. The zero-order valence-corrected chi connectivity index (χ0v) is 11.7. The number of fused-ring (bicyclic) bond motifs is 1. The molecular weight excluding hydrogens is 220 g/mol. The van der Waals surface area contributed by atoms with Gasteiger partial charge in [0.2, 0.25) is 0 Å². The Morgan fingerprint density at radius 3 is 2.83 bits per heavy atom. The molecule has 0 aliphatic heterocycles.